The van der Waals surface area contributed by atoms with Crippen LogP contribution in [0.4, 0.5) is 18.0 Å². The molecule has 25 heavy (non-hydrogen) atoms. The first-order chi connectivity index (χ1) is 11.7. The molecule has 7 nitrogen and oxygen atoms in total. The second-order valence-corrected chi connectivity index (χ2v) is 6.40. The second kappa shape index (κ2) is 8.03. The fraction of sp³-hybridized carbons (Fsp3) is 0.800. The first-order valence-corrected chi connectivity index (χ1v) is 8.19. The average Bonchev–Trinajstić information content (AvgIpc) is 2.90. The Bertz CT molecular complexity index is 527. The molecule has 0 radical (unpaired) electrons. The van der Waals surface area contributed by atoms with E-state index in [9.17, 15) is 27.6 Å². The molecule has 0 aromatic carbocycles. The van der Waals surface area contributed by atoms with Crippen LogP contribution in [0.25, 0.3) is 0 Å². The third-order valence-corrected chi connectivity index (χ3v) is 4.72. The van der Waals surface area contributed by atoms with Crippen molar-refractivity contribution in [2.45, 2.75) is 50.4 Å². The highest BCUT2D eigenvalue weighted by Gasteiger charge is 2.46. The van der Waals surface area contributed by atoms with Crippen molar-refractivity contribution in [2.24, 2.45) is 5.92 Å². The largest absolute Gasteiger partial charge is 0.468 e. The van der Waals surface area contributed by atoms with Gasteiger partial charge in [-0.1, -0.05) is 12.8 Å². The van der Waals surface area contributed by atoms with Gasteiger partial charge < -0.3 is 10.1 Å². The molecule has 0 aromatic heterocycles. The number of fused-ring (bicyclic) bond motifs is 1. The van der Waals surface area contributed by atoms with Crippen LogP contribution in [0.1, 0.15) is 32.1 Å². The summed E-state index contributed by atoms with van der Waals surface area (Å²) in [6.45, 7) is -1.76. The van der Waals surface area contributed by atoms with Crippen LogP contribution in [0.3, 0.4) is 0 Å². The Kier molecular flexibility index (Phi) is 6.26. The van der Waals surface area contributed by atoms with Crippen LogP contribution in [0.15, 0.2) is 0 Å². The summed E-state index contributed by atoms with van der Waals surface area (Å²) in [4.78, 5) is 37.1. The summed E-state index contributed by atoms with van der Waals surface area (Å²) in [5, 5.41) is 3.44. The van der Waals surface area contributed by atoms with E-state index in [0.29, 0.717) is 6.42 Å². The molecular weight excluding hydrogens is 343 g/mol. The summed E-state index contributed by atoms with van der Waals surface area (Å²) in [6.07, 6.45) is -0.117. The monoisotopic (exact) mass is 365 g/mol. The van der Waals surface area contributed by atoms with Gasteiger partial charge in [0.25, 0.3) is 0 Å². The first kappa shape index (κ1) is 19.5. The number of halogens is 3. The van der Waals surface area contributed by atoms with Crippen LogP contribution in [0, 0.1) is 5.92 Å². The van der Waals surface area contributed by atoms with E-state index in [0.717, 1.165) is 25.7 Å². The molecule has 2 rings (SSSR count). The van der Waals surface area contributed by atoms with Crippen molar-refractivity contribution in [3.05, 3.63) is 0 Å². The fourth-order valence-electron chi connectivity index (χ4n) is 3.70. The standard InChI is InChI=1S/C15H22F3N3O4/c1-25-13(23)11-6-9-4-2-3-5-10(9)21(11)7-12(22)20-14(24)19-8-15(16,17)18/h9-11H,2-8H2,1H3,(H2,19,20,22,24)/t9-,10+,11+/m1/s1. The molecule has 142 valence electrons. The van der Waals surface area contributed by atoms with E-state index in [1.807, 2.05) is 5.32 Å². The quantitative estimate of drug-likeness (QED) is 0.731. The fourth-order valence-corrected chi connectivity index (χ4v) is 3.70. The van der Waals surface area contributed by atoms with Crippen molar-refractivity contribution in [3.63, 3.8) is 0 Å². The molecule has 0 aromatic rings. The molecule has 3 atom stereocenters. The Labute approximate surface area is 143 Å². The lowest BCUT2D eigenvalue weighted by Gasteiger charge is -2.32. The number of amides is 3. The molecular formula is C15H22F3N3O4. The lowest BCUT2D eigenvalue weighted by Crippen LogP contribution is -2.51. The maximum Gasteiger partial charge on any atom is 0.405 e. The van der Waals surface area contributed by atoms with Gasteiger partial charge in [-0.15, -0.1) is 0 Å². The van der Waals surface area contributed by atoms with E-state index in [4.69, 9.17) is 4.74 Å². The number of urea groups is 1. The Balaban J connectivity index is 1.94. The Morgan fingerprint density at radius 1 is 1.20 bits per heavy atom. The number of ether oxygens (including phenoxy) is 1. The number of likely N-dealkylation sites (tertiary alicyclic amines) is 1. The number of imide groups is 1. The smallest absolute Gasteiger partial charge is 0.405 e. The van der Waals surface area contributed by atoms with Crippen LogP contribution in [0.2, 0.25) is 0 Å². The molecule has 2 aliphatic rings. The van der Waals surface area contributed by atoms with E-state index in [1.54, 1.807) is 10.2 Å². The van der Waals surface area contributed by atoms with E-state index in [-0.39, 0.29) is 18.5 Å². The van der Waals surface area contributed by atoms with Gasteiger partial charge in [-0.25, -0.2) is 4.79 Å². The van der Waals surface area contributed by atoms with Gasteiger partial charge in [0.05, 0.1) is 13.7 Å². The number of hydrogen-bond acceptors (Lipinski definition) is 5. The number of carbonyl (C=O) groups is 3. The lowest BCUT2D eigenvalue weighted by atomic mass is 9.85. The zero-order valence-corrected chi connectivity index (χ0v) is 13.9. The van der Waals surface area contributed by atoms with Gasteiger partial charge in [0.15, 0.2) is 0 Å². The number of hydrogen-bond donors (Lipinski definition) is 2. The number of esters is 1. The zero-order chi connectivity index (χ0) is 18.6. The van der Waals surface area contributed by atoms with Crippen LogP contribution < -0.4 is 10.6 Å². The minimum Gasteiger partial charge on any atom is -0.468 e. The number of rotatable bonds is 4. The summed E-state index contributed by atoms with van der Waals surface area (Å²) in [6, 6.07) is -1.74. The molecule has 2 N–H and O–H groups in total. The molecule has 1 saturated heterocycles. The molecule has 2 fully saturated rings. The number of methoxy groups -OCH3 is 1. The number of nitrogens with zero attached hydrogens (tertiary/aromatic N) is 1. The zero-order valence-electron chi connectivity index (χ0n) is 13.9. The Hall–Kier alpha value is -1.84. The predicted molar refractivity (Wildman–Crippen MR) is 80.5 cm³/mol. The van der Waals surface area contributed by atoms with Crippen molar-refractivity contribution in [3.8, 4) is 0 Å². The van der Waals surface area contributed by atoms with Crippen molar-refractivity contribution in [2.75, 3.05) is 20.2 Å². The SMILES string of the molecule is COC(=O)[C@@H]1C[C@H]2CCCC[C@@H]2N1CC(=O)NC(=O)NCC(F)(F)F. The highest BCUT2D eigenvalue weighted by molar-refractivity contribution is 5.95. The summed E-state index contributed by atoms with van der Waals surface area (Å²) in [5.41, 5.74) is 0. The number of nitrogens with one attached hydrogen (secondary N) is 2. The first-order valence-electron chi connectivity index (χ1n) is 8.19. The highest BCUT2D eigenvalue weighted by Crippen LogP contribution is 2.39. The number of alkyl halides is 3. The maximum atomic E-state index is 12.1. The molecule has 0 bridgehead atoms. The average molecular weight is 365 g/mol. The minimum absolute atomic E-state index is 0.0434. The second-order valence-electron chi connectivity index (χ2n) is 6.40. The highest BCUT2D eigenvalue weighted by atomic mass is 19.4. The van der Waals surface area contributed by atoms with Gasteiger partial charge in [0.1, 0.15) is 12.6 Å². The summed E-state index contributed by atoms with van der Waals surface area (Å²) in [7, 11) is 1.27. The topological polar surface area (TPSA) is 87.7 Å². The molecule has 10 heteroatoms. The van der Waals surface area contributed by atoms with Crippen molar-refractivity contribution >= 4 is 17.9 Å². The van der Waals surface area contributed by atoms with Gasteiger partial charge >= 0.3 is 18.2 Å². The lowest BCUT2D eigenvalue weighted by molar-refractivity contribution is -0.146. The van der Waals surface area contributed by atoms with Gasteiger partial charge in [-0.3, -0.25) is 19.8 Å². The maximum absolute atomic E-state index is 12.1. The summed E-state index contributed by atoms with van der Waals surface area (Å²) in [5.74, 6) is -0.909. The van der Waals surface area contributed by atoms with Gasteiger partial charge in [0.2, 0.25) is 5.91 Å². The molecule has 0 unspecified atom stereocenters. The number of carbonyl (C=O) groups excluding carboxylic acids is 3. The molecule has 1 saturated carbocycles. The Morgan fingerprint density at radius 2 is 1.88 bits per heavy atom. The molecule has 1 aliphatic carbocycles. The third-order valence-electron chi connectivity index (χ3n) is 4.72. The molecule has 1 aliphatic heterocycles. The van der Waals surface area contributed by atoms with Crippen molar-refractivity contribution < 1.29 is 32.3 Å². The summed E-state index contributed by atoms with van der Waals surface area (Å²) < 4.78 is 41.0. The molecule has 1 heterocycles. The minimum atomic E-state index is -4.55. The van der Waals surface area contributed by atoms with Gasteiger partial charge in [0, 0.05) is 6.04 Å². The van der Waals surface area contributed by atoms with E-state index < -0.39 is 36.7 Å². The van der Waals surface area contributed by atoms with Crippen LogP contribution >= 0.6 is 0 Å². The third kappa shape index (κ3) is 5.32. The van der Waals surface area contributed by atoms with E-state index in [2.05, 4.69) is 0 Å². The summed E-state index contributed by atoms with van der Waals surface area (Å²) >= 11 is 0. The normalized spacial score (nSPS) is 26.6. The Morgan fingerprint density at radius 3 is 2.52 bits per heavy atom. The van der Waals surface area contributed by atoms with Crippen LogP contribution in [-0.2, 0) is 14.3 Å². The predicted octanol–water partition coefficient (Wildman–Crippen LogP) is 1.18. The van der Waals surface area contributed by atoms with Crippen molar-refractivity contribution in [1.82, 2.24) is 15.5 Å². The van der Waals surface area contributed by atoms with Gasteiger partial charge in [-0.2, -0.15) is 13.2 Å². The van der Waals surface area contributed by atoms with Crippen molar-refractivity contribution in [1.29, 1.82) is 0 Å². The molecule has 3 amide bonds. The van der Waals surface area contributed by atoms with Gasteiger partial charge in [-0.05, 0) is 25.2 Å². The van der Waals surface area contributed by atoms with Crippen LogP contribution in [0.5, 0.6) is 0 Å². The van der Waals surface area contributed by atoms with E-state index >= 15 is 0 Å². The molecule has 0 spiro atoms. The van der Waals surface area contributed by atoms with E-state index in [1.165, 1.54) is 7.11 Å². The van der Waals surface area contributed by atoms with Crippen LogP contribution in [-0.4, -0.2) is 61.3 Å².